The number of aryl methyl sites for hydroxylation is 2. The number of nitrogens with zero attached hydrogens (tertiary/aromatic N) is 2. The number of alkyl halides is 2. The van der Waals surface area contributed by atoms with Crippen molar-refractivity contribution in [2.24, 2.45) is 7.05 Å². The SMILES string of the molecule is COCC(NC(=O)c1ccn(C)c1)C(=O)Nc1nc(-c2ccc(C)c(C(C)(F)F)c2)cs1. The Balaban J connectivity index is 1.73. The van der Waals surface area contributed by atoms with E-state index in [0.717, 1.165) is 18.3 Å². The highest BCUT2D eigenvalue weighted by atomic mass is 32.1. The van der Waals surface area contributed by atoms with Crippen LogP contribution in [0, 0.1) is 6.92 Å². The van der Waals surface area contributed by atoms with Gasteiger partial charge in [0.15, 0.2) is 5.13 Å². The lowest BCUT2D eigenvalue weighted by Gasteiger charge is -2.16. The maximum Gasteiger partial charge on any atom is 0.270 e. The molecule has 0 saturated heterocycles. The number of rotatable bonds is 8. The number of aromatic nitrogens is 2. The molecule has 2 heterocycles. The Morgan fingerprint density at radius 3 is 2.69 bits per heavy atom. The molecule has 0 aliphatic carbocycles. The maximum atomic E-state index is 13.9. The number of nitrogens with one attached hydrogen (secondary N) is 2. The van der Waals surface area contributed by atoms with Crippen molar-refractivity contribution in [2.75, 3.05) is 19.0 Å². The smallest absolute Gasteiger partial charge is 0.270 e. The second-order valence-electron chi connectivity index (χ2n) is 7.49. The first-order chi connectivity index (χ1) is 15.1. The summed E-state index contributed by atoms with van der Waals surface area (Å²) >= 11 is 1.16. The molecule has 3 aromatic rings. The van der Waals surface area contributed by atoms with Crippen LogP contribution in [0.15, 0.2) is 42.0 Å². The summed E-state index contributed by atoms with van der Waals surface area (Å²) in [6.07, 6.45) is 3.36. The van der Waals surface area contributed by atoms with Crippen molar-refractivity contribution in [1.29, 1.82) is 0 Å². The molecule has 2 amide bonds. The molecule has 32 heavy (non-hydrogen) atoms. The van der Waals surface area contributed by atoms with Crippen molar-refractivity contribution in [3.05, 3.63) is 58.7 Å². The lowest BCUT2D eigenvalue weighted by molar-refractivity contribution is -0.119. The zero-order valence-electron chi connectivity index (χ0n) is 18.1. The summed E-state index contributed by atoms with van der Waals surface area (Å²) in [5.41, 5.74) is 1.82. The normalized spacial score (nSPS) is 12.4. The highest BCUT2D eigenvalue weighted by Crippen LogP contribution is 2.34. The van der Waals surface area contributed by atoms with Gasteiger partial charge in [0.2, 0.25) is 0 Å². The third-order valence-corrected chi connectivity index (χ3v) is 5.55. The van der Waals surface area contributed by atoms with Gasteiger partial charge in [0.05, 0.1) is 17.9 Å². The molecule has 0 saturated carbocycles. The molecule has 1 atom stereocenters. The lowest BCUT2D eigenvalue weighted by atomic mass is 9.99. The first-order valence-electron chi connectivity index (χ1n) is 9.76. The molecule has 3 rings (SSSR count). The summed E-state index contributed by atoms with van der Waals surface area (Å²) in [5, 5.41) is 7.25. The van der Waals surface area contributed by atoms with E-state index >= 15 is 0 Å². The molecule has 1 aromatic carbocycles. The Bertz CT molecular complexity index is 1120. The van der Waals surface area contributed by atoms with Gasteiger partial charge in [-0.15, -0.1) is 11.3 Å². The molecule has 2 N–H and O–H groups in total. The number of benzene rings is 1. The molecular weight excluding hydrogens is 438 g/mol. The van der Waals surface area contributed by atoms with Gasteiger partial charge in [-0.05, 0) is 24.6 Å². The molecule has 0 bridgehead atoms. The minimum Gasteiger partial charge on any atom is -0.382 e. The van der Waals surface area contributed by atoms with Crippen molar-refractivity contribution in [1.82, 2.24) is 14.9 Å². The van der Waals surface area contributed by atoms with Crippen molar-refractivity contribution in [3.63, 3.8) is 0 Å². The third-order valence-electron chi connectivity index (χ3n) is 4.79. The van der Waals surface area contributed by atoms with Crippen LogP contribution in [0.25, 0.3) is 11.3 Å². The zero-order chi connectivity index (χ0) is 23.5. The zero-order valence-corrected chi connectivity index (χ0v) is 18.9. The number of ether oxygens (including phenoxy) is 1. The quantitative estimate of drug-likeness (QED) is 0.531. The van der Waals surface area contributed by atoms with E-state index in [1.54, 1.807) is 54.5 Å². The number of carbonyl (C=O) groups excluding carboxylic acids is 2. The van der Waals surface area contributed by atoms with Crippen molar-refractivity contribution < 1.29 is 23.1 Å². The van der Waals surface area contributed by atoms with E-state index in [1.807, 2.05) is 0 Å². The molecule has 1 unspecified atom stereocenters. The summed E-state index contributed by atoms with van der Waals surface area (Å²) in [4.78, 5) is 29.4. The number of methoxy groups -OCH3 is 1. The largest absolute Gasteiger partial charge is 0.382 e. The van der Waals surface area contributed by atoms with Gasteiger partial charge >= 0.3 is 0 Å². The number of carbonyl (C=O) groups is 2. The second kappa shape index (κ2) is 9.58. The van der Waals surface area contributed by atoms with E-state index in [-0.39, 0.29) is 17.3 Å². The van der Waals surface area contributed by atoms with Crippen molar-refractivity contribution in [2.45, 2.75) is 25.8 Å². The van der Waals surface area contributed by atoms with Crippen LogP contribution >= 0.6 is 11.3 Å². The van der Waals surface area contributed by atoms with Crippen LogP contribution in [-0.2, 0) is 22.5 Å². The summed E-state index contributed by atoms with van der Waals surface area (Å²) < 4.78 is 34.5. The number of anilines is 1. The van der Waals surface area contributed by atoms with Gasteiger partial charge in [0, 0.05) is 50.0 Å². The van der Waals surface area contributed by atoms with Crippen LogP contribution in [0.4, 0.5) is 13.9 Å². The Morgan fingerprint density at radius 2 is 2.06 bits per heavy atom. The second-order valence-corrected chi connectivity index (χ2v) is 8.35. The van der Waals surface area contributed by atoms with Crippen LogP contribution < -0.4 is 10.6 Å². The van der Waals surface area contributed by atoms with E-state index in [2.05, 4.69) is 15.6 Å². The summed E-state index contributed by atoms with van der Waals surface area (Å²) in [7, 11) is 3.21. The molecule has 0 radical (unpaired) electrons. The van der Waals surface area contributed by atoms with E-state index in [1.165, 1.54) is 13.2 Å². The highest BCUT2D eigenvalue weighted by Gasteiger charge is 2.27. The molecular formula is C22H24F2N4O3S. The van der Waals surface area contributed by atoms with E-state index in [0.29, 0.717) is 22.4 Å². The Hall–Kier alpha value is -3.11. The fourth-order valence-electron chi connectivity index (χ4n) is 3.14. The number of hydrogen-bond acceptors (Lipinski definition) is 5. The molecule has 2 aromatic heterocycles. The average Bonchev–Trinajstić information content (AvgIpc) is 3.36. The van der Waals surface area contributed by atoms with Gasteiger partial charge < -0.3 is 19.9 Å². The number of thiazole rings is 1. The Kier molecular flexibility index (Phi) is 7.05. The first kappa shape index (κ1) is 23.6. The minimum atomic E-state index is -2.97. The van der Waals surface area contributed by atoms with Crippen molar-refractivity contribution >= 4 is 28.3 Å². The fraction of sp³-hybridized carbons (Fsp3) is 0.318. The summed E-state index contributed by atoms with van der Waals surface area (Å²) in [6.45, 7) is 2.45. The fourth-order valence-corrected chi connectivity index (χ4v) is 3.86. The summed E-state index contributed by atoms with van der Waals surface area (Å²) in [6, 6.07) is 5.43. The number of amides is 2. The minimum absolute atomic E-state index is 0.0322. The van der Waals surface area contributed by atoms with Gasteiger partial charge in [0.25, 0.3) is 17.7 Å². The maximum absolute atomic E-state index is 13.9. The van der Waals surface area contributed by atoms with Crippen LogP contribution in [-0.4, -0.2) is 41.1 Å². The highest BCUT2D eigenvalue weighted by molar-refractivity contribution is 7.14. The first-order valence-corrected chi connectivity index (χ1v) is 10.6. The van der Waals surface area contributed by atoms with E-state index in [9.17, 15) is 18.4 Å². The monoisotopic (exact) mass is 462 g/mol. The summed E-state index contributed by atoms with van der Waals surface area (Å²) in [5.74, 6) is -3.88. The molecule has 0 spiro atoms. The lowest BCUT2D eigenvalue weighted by Crippen LogP contribution is -2.46. The molecule has 10 heteroatoms. The topological polar surface area (TPSA) is 85.2 Å². The van der Waals surface area contributed by atoms with Crippen LogP contribution in [0.1, 0.15) is 28.4 Å². The molecule has 0 aliphatic rings. The molecule has 0 fully saturated rings. The van der Waals surface area contributed by atoms with Gasteiger partial charge in [-0.3, -0.25) is 9.59 Å². The average molecular weight is 463 g/mol. The van der Waals surface area contributed by atoms with Gasteiger partial charge in [-0.25, -0.2) is 13.8 Å². The molecule has 0 aliphatic heterocycles. The molecule has 7 nitrogen and oxygen atoms in total. The molecule has 170 valence electrons. The van der Waals surface area contributed by atoms with E-state index < -0.39 is 23.8 Å². The van der Waals surface area contributed by atoms with Crippen molar-refractivity contribution in [3.8, 4) is 11.3 Å². The van der Waals surface area contributed by atoms with Crippen LogP contribution in [0.5, 0.6) is 0 Å². The van der Waals surface area contributed by atoms with Crippen LogP contribution in [0.3, 0.4) is 0 Å². The predicted octanol–water partition coefficient (Wildman–Crippen LogP) is 3.95. The van der Waals surface area contributed by atoms with E-state index in [4.69, 9.17) is 4.74 Å². The Labute approximate surface area is 188 Å². The number of halogens is 2. The van der Waals surface area contributed by atoms with Gasteiger partial charge in [0.1, 0.15) is 6.04 Å². The third kappa shape index (κ3) is 5.57. The number of hydrogen-bond donors (Lipinski definition) is 2. The predicted molar refractivity (Wildman–Crippen MR) is 119 cm³/mol. The van der Waals surface area contributed by atoms with Crippen LogP contribution in [0.2, 0.25) is 0 Å². The standard InChI is InChI=1S/C22H24F2N4O3S/c1-13-5-6-14(9-16(13)22(2,23)24)18-12-32-21(26-18)27-20(30)17(11-31-4)25-19(29)15-7-8-28(3)10-15/h5-10,12,17H,11H2,1-4H3,(H,25,29)(H,26,27,30). The van der Waals surface area contributed by atoms with Gasteiger partial charge in [-0.1, -0.05) is 12.1 Å². The van der Waals surface area contributed by atoms with Gasteiger partial charge in [-0.2, -0.15) is 0 Å². The Morgan fingerprint density at radius 1 is 1.31 bits per heavy atom.